The van der Waals surface area contributed by atoms with Crippen LogP contribution in [0.3, 0.4) is 0 Å². The lowest BCUT2D eigenvalue weighted by atomic mass is 9.58. The van der Waals surface area contributed by atoms with Crippen LogP contribution in [-0.4, -0.2) is 18.7 Å². The quantitative estimate of drug-likeness (QED) is 0.625. The van der Waals surface area contributed by atoms with E-state index in [4.69, 9.17) is 27.9 Å². The zero-order chi connectivity index (χ0) is 15.6. The fourth-order valence-corrected chi connectivity index (χ4v) is 4.23. The van der Waals surface area contributed by atoms with Crippen molar-refractivity contribution in [2.75, 3.05) is 6.54 Å². The molecule has 1 N–H and O–H groups in total. The fourth-order valence-electron chi connectivity index (χ4n) is 3.39. The second-order valence-electron chi connectivity index (χ2n) is 5.59. The first-order valence-corrected chi connectivity index (χ1v) is 9.07. The van der Waals surface area contributed by atoms with Gasteiger partial charge >= 0.3 is 0 Å². The van der Waals surface area contributed by atoms with Crippen LogP contribution in [0.15, 0.2) is 16.6 Å². The largest absolute Gasteiger partial charge is 0.488 e. The summed E-state index contributed by atoms with van der Waals surface area (Å²) in [7, 11) is 0. The van der Waals surface area contributed by atoms with Crippen molar-refractivity contribution >= 4 is 39.1 Å². The number of nitrogens with one attached hydrogen (secondary N) is 1. The van der Waals surface area contributed by atoms with E-state index in [0.29, 0.717) is 21.8 Å². The van der Waals surface area contributed by atoms with Gasteiger partial charge in [0.1, 0.15) is 11.9 Å². The number of ether oxygens (including phenoxy) is 1. The molecule has 1 fully saturated rings. The molecule has 5 heteroatoms. The summed E-state index contributed by atoms with van der Waals surface area (Å²) in [4.78, 5) is 0. The molecule has 0 radical (unpaired) electrons. The van der Waals surface area contributed by atoms with E-state index in [-0.39, 0.29) is 11.5 Å². The average Bonchev–Trinajstić information content (AvgIpc) is 2.44. The maximum Gasteiger partial charge on any atom is 0.139 e. The van der Waals surface area contributed by atoms with Gasteiger partial charge in [-0.25, -0.2) is 0 Å². The van der Waals surface area contributed by atoms with Crippen molar-refractivity contribution in [3.63, 3.8) is 0 Å². The van der Waals surface area contributed by atoms with E-state index in [0.717, 1.165) is 30.3 Å². The van der Waals surface area contributed by atoms with Crippen LogP contribution in [0.25, 0.3) is 0 Å². The molecule has 0 saturated heterocycles. The van der Waals surface area contributed by atoms with Crippen LogP contribution in [0.2, 0.25) is 10.0 Å². The molecular formula is C16H22BrCl2NO. The maximum atomic E-state index is 6.27. The lowest BCUT2D eigenvalue weighted by Crippen LogP contribution is -2.64. The molecule has 1 aromatic rings. The number of rotatable bonds is 6. The van der Waals surface area contributed by atoms with Crippen molar-refractivity contribution in [2.24, 2.45) is 5.41 Å². The highest BCUT2D eigenvalue weighted by molar-refractivity contribution is 9.10. The van der Waals surface area contributed by atoms with Gasteiger partial charge in [-0.2, -0.15) is 0 Å². The van der Waals surface area contributed by atoms with E-state index in [1.54, 1.807) is 12.1 Å². The third kappa shape index (κ3) is 3.21. The average molecular weight is 395 g/mol. The lowest BCUT2D eigenvalue weighted by molar-refractivity contribution is -0.0853. The van der Waals surface area contributed by atoms with E-state index >= 15 is 0 Å². The Morgan fingerprint density at radius 3 is 2.48 bits per heavy atom. The van der Waals surface area contributed by atoms with Gasteiger partial charge in [-0.3, -0.25) is 0 Å². The van der Waals surface area contributed by atoms with Crippen LogP contribution in [-0.2, 0) is 0 Å². The molecule has 2 atom stereocenters. The number of hydrogen-bond donors (Lipinski definition) is 1. The Morgan fingerprint density at radius 1 is 1.24 bits per heavy atom. The number of halogens is 3. The van der Waals surface area contributed by atoms with Crippen molar-refractivity contribution in [2.45, 2.75) is 52.2 Å². The summed E-state index contributed by atoms with van der Waals surface area (Å²) in [6.07, 6.45) is 3.38. The Bertz CT molecular complexity index is 505. The Hall–Kier alpha value is 0.0400. The molecule has 1 saturated carbocycles. The second-order valence-corrected chi connectivity index (χ2v) is 7.26. The zero-order valence-corrected chi connectivity index (χ0v) is 15.8. The number of hydrogen-bond acceptors (Lipinski definition) is 2. The normalized spacial score (nSPS) is 23.7. The van der Waals surface area contributed by atoms with Gasteiger partial charge in [0.15, 0.2) is 0 Å². The van der Waals surface area contributed by atoms with Crippen LogP contribution < -0.4 is 10.1 Å². The first-order chi connectivity index (χ1) is 9.98. The third-order valence-corrected chi connectivity index (χ3v) is 6.29. The second kappa shape index (κ2) is 7.08. The first kappa shape index (κ1) is 17.4. The highest BCUT2D eigenvalue weighted by Crippen LogP contribution is 2.50. The predicted octanol–water partition coefficient (Wildman–Crippen LogP) is 5.69. The Balaban J connectivity index is 2.18. The maximum absolute atomic E-state index is 6.27. The van der Waals surface area contributed by atoms with E-state index in [9.17, 15) is 0 Å². The SMILES string of the molecule is CCNC1CC(Oc2cc(Cl)c(Br)cc2Cl)C1(CC)CC. The molecule has 0 aliphatic heterocycles. The predicted molar refractivity (Wildman–Crippen MR) is 93.7 cm³/mol. The summed E-state index contributed by atoms with van der Waals surface area (Å²) in [5.74, 6) is 0.677. The van der Waals surface area contributed by atoms with Crippen molar-refractivity contribution in [3.8, 4) is 5.75 Å². The molecule has 1 aliphatic carbocycles. The summed E-state index contributed by atoms with van der Waals surface area (Å²) in [5.41, 5.74) is 0.179. The van der Waals surface area contributed by atoms with Crippen LogP contribution >= 0.6 is 39.1 Å². The van der Waals surface area contributed by atoms with Crippen LogP contribution in [0.4, 0.5) is 0 Å². The molecule has 0 amide bonds. The molecule has 0 bridgehead atoms. The monoisotopic (exact) mass is 393 g/mol. The summed E-state index contributed by atoms with van der Waals surface area (Å²) < 4.78 is 7.00. The molecule has 21 heavy (non-hydrogen) atoms. The molecule has 2 rings (SSSR count). The van der Waals surface area contributed by atoms with Gasteiger partial charge in [0.25, 0.3) is 0 Å². The summed E-state index contributed by atoms with van der Waals surface area (Å²) in [6, 6.07) is 4.11. The molecule has 2 nitrogen and oxygen atoms in total. The van der Waals surface area contributed by atoms with Gasteiger partial charge in [-0.05, 0) is 41.4 Å². The molecule has 118 valence electrons. The topological polar surface area (TPSA) is 21.3 Å². The third-order valence-electron chi connectivity index (χ3n) is 4.80. The highest BCUT2D eigenvalue weighted by Gasteiger charge is 2.54. The van der Waals surface area contributed by atoms with E-state index in [2.05, 4.69) is 42.0 Å². The minimum Gasteiger partial charge on any atom is -0.488 e. The van der Waals surface area contributed by atoms with Crippen molar-refractivity contribution < 1.29 is 4.74 Å². The summed E-state index contributed by atoms with van der Waals surface area (Å²) in [6.45, 7) is 7.61. The van der Waals surface area contributed by atoms with E-state index in [1.165, 1.54) is 0 Å². The lowest BCUT2D eigenvalue weighted by Gasteiger charge is -2.55. The van der Waals surface area contributed by atoms with Crippen LogP contribution in [0.1, 0.15) is 40.0 Å². The fraction of sp³-hybridized carbons (Fsp3) is 0.625. The van der Waals surface area contributed by atoms with Gasteiger partial charge in [0, 0.05) is 28.4 Å². The van der Waals surface area contributed by atoms with Crippen LogP contribution in [0, 0.1) is 5.41 Å². The standard InChI is InChI=1S/C16H22BrCl2NO/c1-4-16(5-2)14(20-6-3)9-15(16)21-13-8-11(18)10(17)7-12(13)19/h7-8,14-15,20H,4-6,9H2,1-3H3. The molecule has 1 aromatic carbocycles. The minimum atomic E-state index is 0.179. The van der Waals surface area contributed by atoms with Crippen LogP contribution in [0.5, 0.6) is 5.75 Å². The molecule has 0 spiro atoms. The molecule has 0 heterocycles. The van der Waals surface area contributed by atoms with Gasteiger partial charge in [-0.15, -0.1) is 0 Å². The Morgan fingerprint density at radius 2 is 1.90 bits per heavy atom. The smallest absolute Gasteiger partial charge is 0.139 e. The van der Waals surface area contributed by atoms with Crippen molar-refractivity contribution in [3.05, 3.63) is 26.7 Å². The summed E-state index contributed by atoms with van der Waals surface area (Å²) in [5, 5.41) is 4.80. The van der Waals surface area contributed by atoms with Crippen molar-refractivity contribution in [1.29, 1.82) is 0 Å². The molecular weight excluding hydrogens is 373 g/mol. The minimum absolute atomic E-state index is 0.179. The molecule has 0 aromatic heterocycles. The molecule has 1 aliphatic rings. The first-order valence-electron chi connectivity index (χ1n) is 7.53. The summed E-state index contributed by atoms with van der Waals surface area (Å²) >= 11 is 15.8. The van der Waals surface area contributed by atoms with Gasteiger partial charge in [-0.1, -0.05) is 44.0 Å². The highest BCUT2D eigenvalue weighted by atomic mass is 79.9. The van der Waals surface area contributed by atoms with Gasteiger partial charge in [0.05, 0.1) is 10.0 Å². The van der Waals surface area contributed by atoms with E-state index in [1.807, 2.05) is 0 Å². The van der Waals surface area contributed by atoms with E-state index < -0.39 is 0 Å². The molecule has 2 unspecified atom stereocenters. The van der Waals surface area contributed by atoms with Gasteiger partial charge < -0.3 is 10.1 Å². The number of benzene rings is 1. The van der Waals surface area contributed by atoms with Gasteiger partial charge in [0.2, 0.25) is 0 Å². The zero-order valence-electron chi connectivity index (χ0n) is 12.7. The van der Waals surface area contributed by atoms with Crippen molar-refractivity contribution in [1.82, 2.24) is 5.32 Å². The Kier molecular flexibility index (Phi) is 5.86. The Labute approximate surface area is 145 Å².